The van der Waals surface area contributed by atoms with Crippen LogP contribution < -0.4 is 0 Å². The molecule has 16 heavy (non-hydrogen) atoms. The molecule has 1 heterocycles. The van der Waals surface area contributed by atoms with Gasteiger partial charge in [0.1, 0.15) is 11.4 Å². The van der Waals surface area contributed by atoms with Gasteiger partial charge in [-0.05, 0) is 20.8 Å². The molecule has 5 nitrogen and oxygen atoms in total. The first-order chi connectivity index (χ1) is 7.72. The molecule has 0 spiro atoms. The number of rotatable bonds is 4. The SMILES string of the molecule is C/C=C\N=C(/C)c1nc(/C(=C/C)N=N)c[nH]1. The molecule has 0 radical (unpaired) electrons. The van der Waals surface area contributed by atoms with E-state index < -0.39 is 0 Å². The summed E-state index contributed by atoms with van der Waals surface area (Å²) < 4.78 is 0. The van der Waals surface area contributed by atoms with Gasteiger partial charge in [0.2, 0.25) is 0 Å². The summed E-state index contributed by atoms with van der Waals surface area (Å²) in [4.78, 5) is 11.5. The average molecular weight is 217 g/mol. The maximum absolute atomic E-state index is 6.99. The van der Waals surface area contributed by atoms with Gasteiger partial charge in [0, 0.05) is 12.4 Å². The first kappa shape index (κ1) is 12.0. The van der Waals surface area contributed by atoms with Crippen LogP contribution in [0.15, 0.2) is 34.7 Å². The minimum atomic E-state index is 0.543. The average Bonchev–Trinajstić information content (AvgIpc) is 2.77. The number of hydrogen-bond donors (Lipinski definition) is 2. The first-order valence-electron chi connectivity index (χ1n) is 4.98. The van der Waals surface area contributed by atoms with E-state index in [0.29, 0.717) is 17.2 Å². The summed E-state index contributed by atoms with van der Waals surface area (Å²) in [6, 6.07) is 0. The molecule has 0 atom stereocenters. The highest BCUT2D eigenvalue weighted by Gasteiger charge is 2.06. The highest BCUT2D eigenvalue weighted by Crippen LogP contribution is 2.13. The number of hydrogen-bond acceptors (Lipinski definition) is 4. The molecule has 5 heteroatoms. The molecule has 1 rings (SSSR count). The molecule has 2 N–H and O–H groups in total. The minimum Gasteiger partial charge on any atom is -0.343 e. The number of imidazole rings is 1. The van der Waals surface area contributed by atoms with Gasteiger partial charge in [-0.15, -0.1) is 0 Å². The summed E-state index contributed by atoms with van der Waals surface area (Å²) in [6.07, 6.45) is 7.02. The molecular formula is C11H15N5. The van der Waals surface area contributed by atoms with Crippen molar-refractivity contribution in [2.24, 2.45) is 10.1 Å². The summed E-state index contributed by atoms with van der Waals surface area (Å²) in [6.45, 7) is 5.60. The molecule has 0 fully saturated rings. The second-order valence-corrected chi connectivity index (χ2v) is 3.12. The van der Waals surface area contributed by atoms with E-state index in [0.717, 1.165) is 5.71 Å². The Balaban J connectivity index is 2.99. The largest absolute Gasteiger partial charge is 0.343 e. The van der Waals surface area contributed by atoms with Crippen molar-refractivity contribution < 1.29 is 0 Å². The van der Waals surface area contributed by atoms with E-state index in [9.17, 15) is 0 Å². The molecule has 0 unspecified atom stereocenters. The van der Waals surface area contributed by atoms with Crippen LogP contribution in [0.1, 0.15) is 32.3 Å². The number of aliphatic imine (C=N–C) groups is 1. The van der Waals surface area contributed by atoms with E-state index in [2.05, 4.69) is 20.1 Å². The molecule has 0 aliphatic carbocycles. The van der Waals surface area contributed by atoms with Crippen LogP contribution in [0.3, 0.4) is 0 Å². The molecule has 1 aromatic heterocycles. The van der Waals surface area contributed by atoms with E-state index in [1.165, 1.54) is 0 Å². The Morgan fingerprint density at radius 2 is 2.25 bits per heavy atom. The van der Waals surface area contributed by atoms with Gasteiger partial charge in [-0.1, -0.05) is 12.2 Å². The van der Waals surface area contributed by atoms with Crippen LogP contribution in [0.5, 0.6) is 0 Å². The topological polar surface area (TPSA) is 77.2 Å². The van der Waals surface area contributed by atoms with Crippen LogP contribution in [-0.4, -0.2) is 15.7 Å². The van der Waals surface area contributed by atoms with E-state index in [1.54, 1.807) is 18.5 Å². The van der Waals surface area contributed by atoms with Crippen LogP contribution in [0, 0.1) is 5.53 Å². The van der Waals surface area contributed by atoms with Gasteiger partial charge >= 0.3 is 0 Å². The van der Waals surface area contributed by atoms with Crippen molar-refractivity contribution in [1.29, 1.82) is 5.53 Å². The number of aromatic amines is 1. The van der Waals surface area contributed by atoms with Crippen molar-refractivity contribution in [3.63, 3.8) is 0 Å². The number of aromatic nitrogens is 2. The highest BCUT2D eigenvalue weighted by atomic mass is 15.0. The lowest BCUT2D eigenvalue weighted by Crippen LogP contribution is -1.96. The fourth-order valence-electron chi connectivity index (χ4n) is 1.16. The van der Waals surface area contributed by atoms with Crippen molar-refractivity contribution in [3.8, 4) is 0 Å². The van der Waals surface area contributed by atoms with Gasteiger partial charge in [0.25, 0.3) is 0 Å². The van der Waals surface area contributed by atoms with Crippen molar-refractivity contribution >= 4 is 11.4 Å². The highest BCUT2D eigenvalue weighted by molar-refractivity contribution is 5.96. The van der Waals surface area contributed by atoms with Crippen molar-refractivity contribution in [2.75, 3.05) is 0 Å². The predicted molar refractivity (Wildman–Crippen MR) is 64.4 cm³/mol. The predicted octanol–water partition coefficient (Wildman–Crippen LogP) is 3.14. The summed E-state index contributed by atoms with van der Waals surface area (Å²) >= 11 is 0. The lowest BCUT2D eigenvalue weighted by atomic mass is 10.3. The number of H-pyrrole nitrogens is 1. The van der Waals surface area contributed by atoms with Gasteiger partial charge in [0.15, 0.2) is 5.82 Å². The van der Waals surface area contributed by atoms with Crippen LogP contribution >= 0.6 is 0 Å². The quantitative estimate of drug-likeness (QED) is 0.589. The van der Waals surface area contributed by atoms with Crippen LogP contribution in [0.2, 0.25) is 0 Å². The fourth-order valence-corrected chi connectivity index (χ4v) is 1.16. The fraction of sp³-hybridized carbons (Fsp3) is 0.273. The maximum atomic E-state index is 6.99. The Kier molecular flexibility index (Phi) is 4.32. The van der Waals surface area contributed by atoms with E-state index in [-0.39, 0.29) is 0 Å². The lowest BCUT2D eigenvalue weighted by Gasteiger charge is -1.93. The zero-order chi connectivity index (χ0) is 12.0. The molecule has 0 saturated heterocycles. The Morgan fingerprint density at radius 1 is 1.50 bits per heavy atom. The molecular weight excluding hydrogens is 202 g/mol. The normalized spacial score (nSPS) is 13.4. The molecule has 84 valence electrons. The molecule has 0 amide bonds. The standard InChI is InChI=1S/C11H15N5/c1-4-6-13-8(3)11-14-7-10(15-11)9(5-2)16-12/h4-7,12H,1-3H3,(H,14,15)/b6-4-,9-5-,13-8+,16-12?. The third kappa shape index (κ3) is 2.73. The van der Waals surface area contributed by atoms with Crippen LogP contribution in [0.25, 0.3) is 5.70 Å². The van der Waals surface area contributed by atoms with Crippen molar-refractivity contribution in [1.82, 2.24) is 9.97 Å². The Labute approximate surface area is 94.5 Å². The van der Waals surface area contributed by atoms with Gasteiger partial charge in [-0.25, -0.2) is 10.5 Å². The van der Waals surface area contributed by atoms with Crippen LogP contribution in [-0.2, 0) is 0 Å². The maximum Gasteiger partial charge on any atom is 0.152 e. The first-order valence-corrected chi connectivity index (χ1v) is 4.98. The van der Waals surface area contributed by atoms with Gasteiger partial charge < -0.3 is 4.98 Å². The van der Waals surface area contributed by atoms with Crippen molar-refractivity contribution in [2.45, 2.75) is 20.8 Å². The van der Waals surface area contributed by atoms with Crippen LogP contribution in [0.4, 0.5) is 0 Å². The Hall–Kier alpha value is -2.04. The lowest BCUT2D eigenvalue weighted by molar-refractivity contribution is 1.13. The number of nitrogens with zero attached hydrogens (tertiary/aromatic N) is 3. The molecule has 0 aromatic carbocycles. The molecule has 1 aromatic rings. The van der Waals surface area contributed by atoms with Crippen molar-refractivity contribution in [3.05, 3.63) is 36.1 Å². The van der Waals surface area contributed by atoms with Gasteiger partial charge in [0.05, 0.1) is 5.71 Å². The Bertz CT molecular complexity index is 451. The molecule has 0 aliphatic rings. The number of nitrogens with one attached hydrogen (secondary N) is 2. The third-order valence-electron chi connectivity index (χ3n) is 1.99. The third-order valence-corrected chi connectivity index (χ3v) is 1.99. The van der Waals surface area contributed by atoms with E-state index >= 15 is 0 Å². The second-order valence-electron chi connectivity index (χ2n) is 3.12. The minimum absolute atomic E-state index is 0.543. The summed E-state index contributed by atoms with van der Waals surface area (Å²) in [5.74, 6) is 0.691. The monoisotopic (exact) mass is 217 g/mol. The zero-order valence-electron chi connectivity index (χ0n) is 9.65. The Morgan fingerprint density at radius 3 is 2.81 bits per heavy atom. The van der Waals surface area contributed by atoms with E-state index in [4.69, 9.17) is 5.53 Å². The second kappa shape index (κ2) is 5.75. The number of allylic oxidation sites excluding steroid dienone is 2. The summed E-state index contributed by atoms with van der Waals surface area (Å²) in [5.41, 5.74) is 8.98. The summed E-state index contributed by atoms with van der Waals surface area (Å²) in [5, 5.41) is 3.39. The van der Waals surface area contributed by atoms with E-state index in [1.807, 2.05) is 26.8 Å². The molecule has 0 saturated carbocycles. The summed E-state index contributed by atoms with van der Waals surface area (Å²) in [7, 11) is 0. The van der Waals surface area contributed by atoms with Gasteiger partial charge in [-0.3, -0.25) is 4.99 Å². The zero-order valence-corrected chi connectivity index (χ0v) is 9.65. The smallest absolute Gasteiger partial charge is 0.152 e. The van der Waals surface area contributed by atoms with Gasteiger partial charge in [-0.2, -0.15) is 5.11 Å². The molecule has 0 aliphatic heterocycles. The molecule has 0 bridgehead atoms.